The molecule has 0 saturated carbocycles. The number of amides is 2. The molecule has 0 atom stereocenters. The monoisotopic (exact) mass is 362 g/mol. The van der Waals surface area contributed by atoms with Gasteiger partial charge in [0.1, 0.15) is 5.82 Å². The molecule has 0 aromatic heterocycles. The van der Waals surface area contributed by atoms with E-state index in [9.17, 15) is 14.0 Å². The van der Waals surface area contributed by atoms with Crippen molar-refractivity contribution in [3.63, 3.8) is 0 Å². The van der Waals surface area contributed by atoms with E-state index in [4.69, 9.17) is 0 Å². The van der Waals surface area contributed by atoms with Crippen molar-refractivity contribution in [2.75, 3.05) is 5.32 Å². The van der Waals surface area contributed by atoms with Gasteiger partial charge in [0, 0.05) is 6.54 Å². The third kappa shape index (κ3) is 4.39. The van der Waals surface area contributed by atoms with Crippen LogP contribution in [0.3, 0.4) is 0 Å². The fourth-order valence-electron chi connectivity index (χ4n) is 2.70. The minimum absolute atomic E-state index is 0.0763. The van der Waals surface area contributed by atoms with Crippen LogP contribution in [0.2, 0.25) is 0 Å². The molecule has 0 aliphatic carbocycles. The number of para-hydroxylation sites is 1. The van der Waals surface area contributed by atoms with E-state index < -0.39 is 11.7 Å². The molecule has 5 heteroatoms. The molecule has 2 N–H and O–H groups in total. The van der Waals surface area contributed by atoms with Crippen LogP contribution in [0.5, 0.6) is 0 Å². The Morgan fingerprint density at radius 3 is 2.19 bits per heavy atom. The van der Waals surface area contributed by atoms with Crippen molar-refractivity contribution in [1.29, 1.82) is 0 Å². The van der Waals surface area contributed by atoms with Crippen molar-refractivity contribution in [3.8, 4) is 0 Å². The Morgan fingerprint density at radius 2 is 1.44 bits per heavy atom. The highest BCUT2D eigenvalue weighted by molar-refractivity contribution is 6.09. The minimum atomic E-state index is -0.614. The van der Waals surface area contributed by atoms with E-state index in [1.54, 1.807) is 30.3 Å². The van der Waals surface area contributed by atoms with Crippen LogP contribution < -0.4 is 10.6 Å². The lowest BCUT2D eigenvalue weighted by molar-refractivity contribution is 0.0951. The molecule has 27 heavy (non-hydrogen) atoms. The number of hydrogen-bond acceptors (Lipinski definition) is 2. The van der Waals surface area contributed by atoms with Gasteiger partial charge in [-0.1, -0.05) is 48.5 Å². The molecule has 0 heterocycles. The van der Waals surface area contributed by atoms with Crippen molar-refractivity contribution >= 4 is 17.5 Å². The van der Waals surface area contributed by atoms with E-state index in [1.165, 1.54) is 18.2 Å². The number of carbonyl (C=O) groups is 2. The third-order valence-electron chi connectivity index (χ3n) is 4.24. The maximum atomic E-state index is 13.8. The molecule has 0 radical (unpaired) electrons. The normalized spacial score (nSPS) is 10.3. The molecule has 0 aliphatic heterocycles. The number of carbonyl (C=O) groups excluding carboxylic acids is 2. The Kier molecular flexibility index (Phi) is 5.61. The van der Waals surface area contributed by atoms with Gasteiger partial charge < -0.3 is 10.6 Å². The third-order valence-corrected chi connectivity index (χ3v) is 4.24. The van der Waals surface area contributed by atoms with Crippen molar-refractivity contribution < 1.29 is 14.0 Å². The highest BCUT2D eigenvalue weighted by atomic mass is 19.1. The van der Waals surface area contributed by atoms with Gasteiger partial charge in [0.05, 0.1) is 16.8 Å². The number of aryl methyl sites for hydroxylation is 1. The number of hydrogen-bond donors (Lipinski definition) is 2. The van der Waals surface area contributed by atoms with Crippen LogP contribution in [0.4, 0.5) is 10.1 Å². The summed E-state index contributed by atoms with van der Waals surface area (Å²) in [4.78, 5) is 24.9. The molecular weight excluding hydrogens is 343 g/mol. The molecule has 0 bridgehead atoms. The molecule has 2 amide bonds. The van der Waals surface area contributed by atoms with Crippen LogP contribution in [-0.2, 0) is 6.54 Å². The molecule has 4 nitrogen and oxygen atoms in total. The van der Waals surface area contributed by atoms with Crippen LogP contribution >= 0.6 is 0 Å². The summed E-state index contributed by atoms with van der Waals surface area (Å²) in [5.74, 6) is -1.54. The summed E-state index contributed by atoms with van der Waals surface area (Å²) in [5, 5.41) is 5.47. The van der Waals surface area contributed by atoms with E-state index in [0.29, 0.717) is 17.8 Å². The topological polar surface area (TPSA) is 58.2 Å². The Hall–Kier alpha value is -3.47. The predicted octanol–water partition coefficient (Wildman–Crippen LogP) is 4.32. The summed E-state index contributed by atoms with van der Waals surface area (Å²) in [6.07, 6.45) is 0. The van der Waals surface area contributed by atoms with Crippen molar-refractivity contribution in [3.05, 3.63) is 101 Å². The van der Waals surface area contributed by atoms with E-state index >= 15 is 0 Å². The summed E-state index contributed by atoms with van der Waals surface area (Å²) in [5.41, 5.74) is 2.66. The molecule has 0 unspecified atom stereocenters. The smallest absolute Gasteiger partial charge is 0.258 e. The van der Waals surface area contributed by atoms with Gasteiger partial charge in [0.15, 0.2) is 0 Å². The van der Waals surface area contributed by atoms with Gasteiger partial charge in [-0.3, -0.25) is 9.59 Å². The maximum Gasteiger partial charge on any atom is 0.258 e. The van der Waals surface area contributed by atoms with Crippen LogP contribution in [0.15, 0.2) is 72.8 Å². The van der Waals surface area contributed by atoms with Gasteiger partial charge in [0.2, 0.25) is 0 Å². The summed E-state index contributed by atoms with van der Waals surface area (Å²) in [7, 11) is 0. The summed E-state index contributed by atoms with van der Waals surface area (Å²) >= 11 is 0. The zero-order valence-corrected chi connectivity index (χ0v) is 14.8. The van der Waals surface area contributed by atoms with E-state index in [0.717, 1.165) is 11.1 Å². The van der Waals surface area contributed by atoms with Crippen LogP contribution in [0, 0.1) is 12.7 Å². The number of benzene rings is 3. The number of halogens is 1. The molecule has 0 saturated heterocycles. The average molecular weight is 362 g/mol. The Bertz CT molecular complexity index is 985. The number of nitrogens with one attached hydrogen (secondary N) is 2. The standard InChI is InChI=1S/C22H19FN2O2/c1-15-8-2-3-9-16(15)14-24-21(26)18-11-5-7-13-20(18)25-22(27)17-10-4-6-12-19(17)23/h2-13H,14H2,1H3,(H,24,26)(H,25,27). The van der Waals surface area contributed by atoms with E-state index in [-0.39, 0.29) is 11.5 Å². The quantitative estimate of drug-likeness (QED) is 0.710. The number of anilines is 1. The average Bonchev–Trinajstić information content (AvgIpc) is 2.68. The molecule has 3 aromatic rings. The summed E-state index contributed by atoms with van der Waals surface area (Å²) in [6.45, 7) is 2.35. The second-order valence-electron chi connectivity index (χ2n) is 6.09. The van der Waals surface area contributed by atoms with Crippen molar-refractivity contribution in [1.82, 2.24) is 5.32 Å². The molecule has 0 aliphatic rings. The second-order valence-corrected chi connectivity index (χ2v) is 6.09. The Balaban J connectivity index is 1.75. The maximum absolute atomic E-state index is 13.8. The lowest BCUT2D eigenvalue weighted by Crippen LogP contribution is -2.25. The van der Waals surface area contributed by atoms with Gasteiger partial charge in [-0.25, -0.2) is 4.39 Å². The van der Waals surface area contributed by atoms with E-state index in [1.807, 2.05) is 31.2 Å². The largest absolute Gasteiger partial charge is 0.348 e. The van der Waals surface area contributed by atoms with Crippen LogP contribution in [-0.4, -0.2) is 11.8 Å². The first-order valence-electron chi connectivity index (χ1n) is 8.54. The second kappa shape index (κ2) is 8.27. The highest BCUT2D eigenvalue weighted by Gasteiger charge is 2.16. The lowest BCUT2D eigenvalue weighted by atomic mass is 10.1. The lowest BCUT2D eigenvalue weighted by Gasteiger charge is -2.12. The molecule has 0 fully saturated rings. The molecule has 3 rings (SSSR count). The first-order chi connectivity index (χ1) is 13.1. The molecule has 3 aromatic carbocycles. The summed E-state index contributed by atoms with van der Waals surface area (Å²) < 4.78 is 13.8. The van der Waals surface area contributed by atoms with Crippen molar-refractivity contribution in [2.24, 2.45) is 0 Å². The first-order valence-corrected chi connectivity index (χ1v) is 8.54. The molecular formula is C22H19FN2O2. The SMILES string of the molecule is Cc1ccccc1CNC(=O)c1ccccc1NC(=O)c1ccccc1F. The first kappa shape index (κ1) is 18.3. The van der Waals surface area contributed by atoms with Gasteiger partial charge in [-0.2, -0.15) is 0 Å². The predicted molar refractivity (Wildman–Crippen MR) is 103 cm³/mol. The zero-order chi connectivity index (χ0) is 19.2. The molecule has 136 valence electrons. The van der Waals surface area contributed by atoms with Crippen LogP contribution in [0.1, 0.15) is 31.8 Å². The Labute approximate surface area is 157 Å². The van der Waals surface area contributed by atoms with E-state index in [2.05, 4.69) is 10.6 Å². The van der Waals surface area contributed by atoms with Gasteiger partial charge in [-0.15, -0.1) is 0 Å². The van der Waals surface area contributed by atoms with Gasteiger partial charge in [-0.05, 0) is 42.3 Å². The fourth-order valence-corrected chi connectivity index (χ4v) is 2.70. The zero-order valence-electron chi connectivity index (χ0n) is 14.8. The number of rotatable bonds is 5. The fraction of sp³-hybridized carbons (Fsp3) is 0.0909. The molecule has 0 spiro atoms. The van der Waals surface area contributed by atoms with Crippen molar-refractivity contribution in [2.45, 2.75) is 13.5 Å². The minimum Gasteiger partial charge on any atom is -0.348 e. The van der Waals surface area contributed by atoms with Crippen LogP contribution in [0.25, 0.3) is 0 Å². The van der Waals surface area contributed by atoms with Gasteiger partial charge in [0.25, 0.3) is 11.8 Å². The Morgan fingerprint density at radius 1 is 0.815 bits per heavy atom. The highest BCUT2D eigenvalue weighted by Crippen LogP contribution is 2.18. The van der Waals surface area contributed by atoms with Gasteiger partial charge >= 0.3 is 0 Å². The summed E-state index contributed by atoms with van der Waals surface area (Å²) in [6, 6.07) is 20.1.